The monoisotopic (exact) mass is 263 g/mol. The lowest BCUT2D eigenvalue weighted by Crippen LogP contribution is -2.47. The second-order valence-corrected chi connectivity index (χ2v) is 5.42. The van der Waals surface area contributed by atoms with Crippen LogP contribution in [0.4, 0.5) is 0 Å². The van der Waals surface area contributed by atoms with Crippen molar-refractivity contribution in [2.45, 2.75) is 37.8 Å². The molecule has 1 fully saturated rings. The molecule has 1 heterocycles. The quantitative estimate of drug-likeness (QED) is 0.851. The van der Waals surface area contributed by atoms with Gasteiger partial charge >= 0.3 is 5.97 Å². The van der Waals surface area contributed by atoms with Gasteiger partial charge in [-0.05, 0) is 31.4 Å². The molecule has 1 aromatic rings. The molecule has 0 radical (unpaired) electrons. The third-order valence-corrected chi connectivity index (χ3v) is 3.69. The minimum Gasteiger partial charge on any atom is -0.481 e. The highest BCUT2D eigenvalue weighted by Crippen LogP contribution is 2.26. The van der Waals surface area contributed by atoms with Gasteiger partial charge in [0.05, 0.1) is 5.60 Å². The molecule has 0 aliphatic carbocycles. The molecule has 4 heteroatoms. The molecule has 1 atom stereocenters. The smallest absolute Gasteiger partial charge is 0.303 e. The van der Waals surface area contributed by atoms with Crippen LogP contribution in [0, 0.1) is 0 Å². The summed E-state index contributed by atoms with van der Waals surface area (Å²) in [5, 5.41) is 19.2. The summed E-state index contributed by atoms with van der Waals surface area (Å²) in [4.78, 5) is 12.8. The number of carboxylic acid groups (broad SMARTS) is 1. The van der Waals surface area contributed by atoms with E-state index in [1.807, 2.05) is 18.2 Å². The lowest BCUT2D eigenvalue weighted by Gasteiger charge is -2.39. The van der Waals surface area contributed by atoms with Gasteiger partial charge in [0.2, 0.25) is 0 Å². The van der Waals surface area contributed by atoms with Crippen LogP contribution in [0.15, 0.2) is 30.3 Å². The first kappa shape index (κ1) is 14.0. The molecule has 2 rings (SSSR count). The topological polar surface area (TPSA) is 60.8 Å². The van der Waals surface area contributed by atoms with Gasteiger partial charge in [-0.15, -0.1) is 0 Å². The van der Waals surface area contributed by atoms with Crippen molar-refractivity contribution in [3.05, 3.63) is 35.9 Å². The number of rotatable bonds is 5. The summed E-state index contributed by atoms with van der Waals surface area (Å²) in [6.45, 7) is 2.34. The zero-order valence-corrected chi connectivity index (χ0v) is 11.1. The van der Waals surface area contributed by atoms with Crippen LogP contribution in [0.3, 0.4) is 0 Å². The van der Waals surface area contributed by atoms with Gasteiger partial charge in [0.1, 0.15) is 0 Å². The Morgan fingerprint density at radius 2 is 2.05 bits per heavy atom. The number of carbonyl (C=O) groups is 1. The number of piperidine rings is 1. The van der Waals surface area contributed by atoms with Crippen molar-refractivity contribution in [1.29, 1.82) is 0 Å². The van der Waals surface area contributed by atoms with E-state index in [0.29, 0.717) is 19.4 Å². The number of nitrogens with zero attached hydrogens (tertiary/aromatic N) is 1. The maximum atomic E-state index is 10.6. The maximum Gasteiger partial charge on any atom is 0.303 e. The Bertz CT molecular complexity index is 421. The Morgan fingerprint density at radius 3 is 2.74 bits per heavy atom. The molecule has 0 aromatic heterocycles. The van der Waals surface area contributed by atoms with Crippen LogP contribution in [-0.2, 0) is 11.3 Å². The molecule has 1 aliphatic rings. The summed E-state index contributed by atoms with van der Waals surface area (Å²) in [7, 11) is 0. The fraction of sp³-hybridized carbons (Fsp3) is 0.533. The fourth-order valence-corrected chi connectivity index (χ4v) is 2.73. The van der Waals surface area contributed by atoms with Gasteiger partial charge in [-0.3, -0.25) is 9.69 Å². The lowest BCUT2D eigenvalue weighted by atomic mass is 9.88. The molecule has 1 saturated heterocycles. The molecule has 19 heavy (non-hydrogen) atoms. The van der Waals surface area contributed by atoms with Crippen molar-refractivity contribution in [3.63, 3.8) is 0 Å². The van der Waals surface area contributed by atoms with E-state index in [1.54, 1.807) is 0 Å². The molecule has 0 saturated carbocycles. The predicted molar refractivity (Wildman–Crippen MR) is 72.8 cm³/mol. The van der Waals surface area contributed by atoms with Crippen LogP contribution in [-0.4, -0.2) is 39.8 Å². The third kappa shape index (κ3) is 4.33. The van der Waals surface area contributed by atoms with Crippen LogP contribution in [0.2, 0.25) is 0 Å². The zero-order chi connectivity index (χ0) is 13.7. The van der Waals surface area contributed by atoms with Crippen molar-refractivity contribution in [2.75, 3.05) is 13.1 Å². The number of likely N-dealkylation sites (tertiary alicyclic amines) is 1. The molecule has 1 aromatic carbocycles. The molecule has 104 valence electrons. The normalized spacial score (nSPS) is 24.3. The summed E-state index contributed by atoms with van der Waals surface area (Å²) in [5.41, 5.74) is 0.385. The fourth-order valence-electron chi connectivity index (χ4n) is 2.73. The standard InChI is InChI=1S/C15H21NO3/c17-14(18)7-9-15(19)8-4-10-16(12-15)11-13-5-2-1-3-6-13/h1-3,5-6,19H,4,7-12H2,(H,17,18). The van der Waals surface area contributed by atoms with Gasteiger partial charge in [-0.25, -0.2) is 0 Å². The summed E-state index contributed by atoms with van der Waals surface area (Å²) in [6, 6.07) is 10.2. The summed E-state index contributed by atoms with van der Waals surface area (Å²) in [6.07, 6.45) is 2.00. The molecular formula is C15H21NO3. The van der Waals surface area contributed by atoms with Crippen LogP contribution >= 0.6 is 0 Å². The van der Waals surface area contributed by atoms with Crippen LogP contribution < -0.4 is 0 Å². The Kier molecular flexibility index (Phi) is 4.56. The van der Waals surface area contributed by atoms with Gasteiger partial charge in [0.25, 0.3) is 0 Å². The number of hydrogen-bond donors (Lipinski definition) is 2. The van der Waals surface area contributed by atoms with E-state index >= 15 is 0 Å². The highest BCUT2D eigenvalue weighted by Gasteiger charge is 2.33. The molecule has 1 unspecified atom stereocenters. The highest BCUT2D eigenvalue weighted by molar-refractivity contribution is 5.66. The Hall–Kier alpha value is -1.39. The Labute approximate surface area is 113 Å². The van der Waals surface area contributed by atoms with E-state index in [1.165, 1.54) is 5.56 Å². The molecule has 0 bridgehead atoms. The molecule has 1 aliphatic heterocycles. The lowest BCUT2D eigenvalue weighted by molar-refractivity contribution is -0.139. The number of carboxylic acids is 1. The average molecular weight is 263 g/mol. The van der Waals surface area contributed by atoms with Gasteiger partial charge in [0, 0.05) is 19.5 Å². The van der Waals surface area contributed by atoms with Gasteiger partial charge in [-0.2, -0.15) is 0 Å². The number of aliphatic hydroxyl groups is 1. The van der Waals surface area contributed by atoms with Crippen LogP contribution in [0.25, 0.3) is 0 Å². The first-order valence-corrected chi connectivity index (χ1v) is 6.78. The van der Waals surface area contributed by atoms with Crippen LogP contribution in [0.5, 0.6) is 0 Å². The summed E-state index contributed by atoms with van der Waals surface area (Å²) < 4.78 is 0. The van der Waals surface area contributed by atoms with E-state index in [9.17, 15) is 9.90 Å². The van der Waals surface area contributed by atoms with Crippen LogP contribution in [0.1, 0.15) is 31.2 Å². The largest absolute Gasteiger partial charge is 0.481 e. The average Bonchev–Trinajstić information content (AvgIpc) is 2.38. The Balaban J connectivity index is 1.91. The number of benzene rings is 1. The second-order valence-electron chi connectivity index (χ2n) is 5.42. The number of aliphatic carboxylic acids is 1. The first-order chi connectivity index (χ1) is 9.07. The number of β-amino-alcohol motifs (C(OH)–C–C–N with tert-alkyl or cyclic N) is 1. The van der Waals surface area contributed by atoms with Gasteiger partial charge in [0.15, 0.2) is 0 Å². The van der Waals surface area contributed by atoms with Crippen molar-refractivity contribution in [3.8, 4) is 0 Å². The van der Waals surface area contributed by atoms with E-state index in [2.05, 4.69) is 17.0 Å². The van der Waals surface area contributed by atoms with Gasteiger partial charge in [-0.1, -0.05) is 30.3 Å². The molecule has 0 amide bonds. The minimum absolute atomic E-state index is 0.0374. The minimum atomic E-state index is -0.842. The highest BCUT2D eigenvalue weighted by atomic mass is 16.4. The third-order valence-electron chi connectivity index (χ3n) is 3.69. The zero-order valence-electron chi connectivity index (χ0n) is 11.1. The van der Waals surface area contributed by atoms with E-state index < -0.39 is 11.6 Å². The summed E-state index contributed by atoms with van der Waals surface area (Å²) in [5.74, 6) is -0.839. The van der Waals surface area contributed by atoms with Gasteiger partial charge < -0.3 is 10.2 Å². The van der Waals surface area contributed by atoms with Crippen molar-refractivity contribution in [2.24, 2.45) is 0 Å². The van der Waals surface area contributed by atoms with Crippen molar-refractivity contribution < 1.29 is 15.0 Å². The predicted octanol–water partition coefficient (Wildman–Crippen LogP) is 1.88. The first-order valence-electron chi connectivity index (χ1n) is 6.78. The summed E-state index contributed by atoms with van der Waals surface area (Å²) >= 11 is 0. The molecule has 4 nitrogen and oxygen atoms in total. The molecule has 0 spiro atoms. The SMILES string of the molecule is O=C(O)CCC1(O)CCCN(Cc2ccccc2)C1. The van der Waals surface area contributed by atoms with E-state index in [4.69, 9.17) is 5.11 Å². The van der Waals surface area contributed by atoms with E-state index in [-0.39, 0.29) is 6.42 Å². The van der Waals surface area contributed by atoms with Crippen molar-refractivity contribution in [1.82, 2.24) is 4.90 Å². The maximum absolute atomic E-state index is 10.6. The molecular weight excluding hydrogens is 242 g/mol. The Morgan fingerprint density at radius 1 is 1.32 bits per heavy atom. The molecule has 2 N–H and O–H groups in total. The van der Waals surface area contributed by atoms with Crippen molar-refractivity contribution >= 4 is 5.97 Å². The number of hydrogen-bond acceptors (Lipinski definition) is 3. The van der Waals surface area contributed by atoms with E-state index in [0.717, 1.165) is 19.5 Å². The second kappa shape index (κ2) is 6.17.